The van der Waals surface area contributed by atoms with Gasteiger partial charge in [-0.1, -0.05) is 25.1 Å². The number of para-hydroxylation sites is 1. The van der Waals surface area contributed by atoms with E-state index in [1.54, 1.807) is 24.3 Å². The molecule has 0 atom stereocenters. The molecule has 2 aromatic heterocycles. The molecule has 0 amide bonds. The van der Waals surface area contributed by atoms with Crippen molar-refractivity contribution in [1.29, 1.82) is 0 Å². The van der Waals surface area contributed by atoms with Crippen molar-refractivity contribution in [3.05, 3.63) is 76.4 Å². The fourth-order valence-electron chi connectivity index (χ4n) is 3.37. The van der Waals surface area contributed by atoms with Crippen molar-refractivity contribution in [2.75, 3.05) is 7.11 Å². The number of halogens is 3. The number of hydrogen-bond donors (Lipinski definition) is 0. The van der Waals surface area contributed by atoms with Gasteiger partial charge in [-0.15, -0.1) is 0 Å². The first-order chi connectivity index (χ1) is 14.3. The minimum Gasteiger partial charge on any atom is -0.496 e. The van der Waals surface area contributed by atoms with Gasteiger partial charge in [0.2, 0.25) is 11.2 Å². The SMILES string of the molecule is CCc1cc2c(=O)c(-c3cnn(-c4ccccc4)c3)c(C(F)(F)F)oc2cc1OC. The van der Waals surface area contributed by atoms with Crippen LogP contribution in [-0.4, -0.2) is 16.9 Å². The molecule has 0 saturated carbocycles. The van der Waals surface area contributed by atoms with Gasteiger partial charge in [-0.25, -0.2) is 4.68 Å². The second-order valence-corrected chi connectivity index (χ2v) is 6.66. The van der Waals surface area contributed by atoms with Gasteiger partial charge in [0.05, 0.1) is 29.9 Å². The molecule has 0 unspecified atom stereocenters. The number of ether oxygens (including phenoxy) is 1. The van der Waals surface area contributed by atoms with Crippen molar-refractivity contribution in [1.82, 2.24) is 9.78 Å². The van der Waals surface area contributed by atoms with Crippen LogP contribution in [0.15, 0.2) is 64.1 Å². The minimum atomic E-state index is -4.87. The maximum atomic E-state index is 13.8. The summed E-state index contributed by atoms with van der Waals surface area (Å²) in [4.78, 5) is 13.2. The first kappa shape index (κ1) is 19.8. The van der Waals surface area contributed by atoms with E-state index in [4.69, 9.17) is 9.15 Å². The van der Waals surface area contributed by atoms with E-state index in [0.717, 1.165) is 0 Å². The topological polar surface area (TPSA) is 57.3 Å². The molecule has 0 aliphatic rings. The maximum Gasteiger partial charge on any atom is 0.450 e. The fourth-order valence-corrected chi connectivity index (χ4v) is 3.37. The van der Waals surface area contributed by atoms with Gasteiger partial charge in [-0.05, 0) is 30.2 Å². The molecule has 8 heteroatoms. The van der Waals surface area contributed by atoms with Crippen LogP contribution in [0.2, 0.25) is 0 Å². The number of benzene rings is 2. The molecule has 30 heavy (non-hydrogen) atoms. The summed E-state index contributed by atoms with van der Waals surface area (Å²) in [6, 6.07) is 11.7. The first-order valence-electron chi connectivity index (χ1n) is 9.19. The lowest BCUT2D eigenvalue weighted by Crippen LogP contribution is -2.16. The fraction of sp³-hybridized carbons (Fsp3) is 0.182. The second-order valence-electron chi connectivity index (χ2n) is 6.66. The third kappa shape index (κ3) is 3.34. The number of aromatic nitrogens is 2. The van der Waals surface area contributed by atoms with Gasteiger partial charge >= 0.3 is 6.18 Å². The molecule has 2 aromatic carbocycles. The van der Waals surface area contributed by atoms with E-state index in [2.05, 4.69) is 5.10 Å². The Kier molecular flexibility index (Phi) is 4.85. The Morgan fingerprint density at radius 3 is 2.53 bits per heavy atom. The number of rotatable bonds is 4. The van der Waals surface area contributed by atoms with Crippen molar-refractivity contribution in [3.63, 3.8) is 0 Å². The molecule has 5 nitrogen and oxygen atoms in total. The summed E-state index contributed by atoms with van der Waals surface area (Å²) in [6.45, 7) is 1.86. The van der Waals surface area contributed by atoms with E-state index in [-0.39, 0.29) is 16.5 Å². The molecule has 2 heterocycles. The Labute approximate surface area is 169 Å². The Hall–Kier alpha value is -3.55. The van der Waals surface area contributed by atoms with E-state index in [1.165, 1.54) is 36.3 Å². The number of hydrogen-bond acceptors (Lipinski definition) is 4. The van der Waals surface area contributed by atoms with Gasteiger partial charge in [0.15, 0.2) is 0 Å². The average molecular weight is 414 g/mol. The van der Waals surface area contributed by atoms with Crippen LogP contribution in [0.4, 0.5) is 13.2 Å². The van der Waals surface area contributed by atoms with Crippen LogP contribution in [0.25, 0.3) is 27.8 Å². The molecule has 0 saturated heterocycles. The molecular formula is C22H17F3N2O3. The molecule has 0 radical (unpaired) electrons. The summed E-state index contributed by atoms with van der Waals surface area (Å²) in [6.07, 6.45) is -1.72. The van der Waals surface area contributed by atoms with Crippen molar-refractivity contribution >= 4 is 11.0 Å². The number of alkyl halides is 3. The zero-order valence-corrected chi connectivity index (χ0v) is 16.2. The molecule has 0 N–H and O–H groups in total. The van der Waals surface area contributed by atoms with Gasteiger partial charge in [0, 0.05) is 17.8 Å². The predicted octanol–water partition coefficient (Wildman–Crippen LogP) is 5.24. The molecule has 0 aliphatic carbocycles. The van der Waals surface area contributed by atoms with Crippen LogP contribution >= 0.6 is 0 Å². The largest absolute Gasteiger partial charge is 0.496 e. The van der Waals surface area contributed by atoms with Crippen LogP contribution < -0.4 is 10.2 Å². The lowest BCUT2D eigenvalue weighted by Gasteiger charge is -2.13. The molecule has 0 spiro atoms. The highest BCUT2D eigenvalue weighted by molar-refractivity contribution is 5.85. The van der Waals surface area contributed by atoms with E-state index >= 15 is 0 Å². The molecule has 0 fully saturated rings. The summed E-state index contributed by atoms with van der Waals surface area (Å²) in [7, 11) is 1.41. The summed E-state index contributed by atoms with van der Waals surface area (Å²) in [5, 5.41) is 4.18. The standard InChI is InChI=1S/C22H17F3N2O3/c1-3-13-9-16-18(10-17(13)29-2)30-21(22(23,24)25)19(20(16)28)14-11-26-27(12-14)15-7-5-4-6-8-15/h4-12H,3H2,1-2H3. The normalized spacial score (nSPS) is 11.8. The third-order valence-corrected chi connectivity index (χ3v) is 4.82. The molecule has 154 valence electrons. The number of aryl methyl sites for hydroxylation is 1. The van der Waals surface area contributed by atoms with Crippen LogP contribution in [0.5, 0.6) is 5.75 Å². The smallest absolute Gasteiger partial charge is 0.450 e. The first-order valence-corrected chi connectivity index (χ1v) is 9.19. The number of methoxy groups -OCH3 is 1. The van der Waals surface area contributed by atoms with Crippen molar-refractivity contribution in [2.24, 2.45) is 0 Å². The van der Waals surface area contributed by atoms with Crippen molar-refractivity contribution in [2.45, 2.75) is 19.5 Å². The Bertz CT molecular complexity index is 1270. The minimum absolute atomic E-state index is 0.0238. The van der Waals surface area contributed by atoms with Gasteiger partial charge in [-0.3, -0.25) is 4.79 Å². The van der Waals surface area contributed by atoms with Gasteiger partial charge < -0.3 is 9.15 Å². The lowest BCUT2D eigenvalue weighted by atomic mass is 10.0. The Morgan fingerprint density at radius 1 is 1.17 bits per heavy atom. The highest BCUT2D eigenvalue weighted by atomic mass is 19.4. The highest BCUT2D eigenvalue weighted by Crippen LogP contribution is 2.38. The van der Waals surface area contributed by atoms with Crippen molar-refractivity contribution < 1.29 is 22.3 Å². The summed E-state index contributed by atoms with van der Waals surface area (Å²) in [5.41, 5.74) is -0.141. The Balaban J connectivity index is 2.00. The molecular weight excluding hydrogens is 397 g/mol. The van der Waals surface area contributed by atoms with Crippen LogP contribution in [0.1, 0.15) is 18.2 Å². The summed E-state index contributed by atoms with van der Waals surface area (Å²) in [5.74, 6) is -0.996. The second kappa shape index (κ2) is 7.37. The van der Waals surface area contributed by atoms with E-state index in [9.17, 15) is 18.0 Å². The molecule has 4 rings (SSSR count). The quantitative estimate of drug-likeness (QED) is 0.459. The molecule has 0 aliphatic heterocycles. The third-order valence-electron chi connectivity index (χ3n) is 4.82. The lowest BCUT2D eigenvalue weighted by molar-refractivity contribution is -0.152. The van der Waals surface area contributed by atoms with E-state index in [1.807, 2.05) is 13.0 Å². The number of nitrogens with zero attached hydrogens (tertiary/aromatic N) is 2. The predicted molar refractivity (Wildman–Crippen MR) is 106 cm³/mol. The van der Waals surface area contributed by atoms with E-state index < -0.39 is 22.9 Å². The van der Waals surface area contributed by atoms with Gasteiger partial charge in [-0.2, -0.15) is 18.3 Å². The summed E-state index contributed by atoms with van der Waals surface area (Å²) < 4.78 is 53.3. The monoisotopic (exact) mass is 414 g/mol. The molecule has 4 aromatic rings. The molecule has 0 bridgehead atoms. The highest BCUT2D eigenvalue weighted by Gasteiger charge is 2.40. The van der Waals surface area contributed by atoms with Crippen LogP contribution in [-0.2, 0) is 12.6 Å². The van der Waals surface area contributed by atoms with Crippen molar-refractivity contribution in [3.8, 4) is 22.6 Å². The van der Waals surface area contributed by atoms with E-state index in [0.29, 0.717) is 23.4 Å². The average Bonchev–Trinajstić information content (AvgIpc) is 3.22. The maximum absolute atomic E-state index is 13.8. The Morgan fingerprint density at radius 2 is 1.90 bits per heavy atom. The van der Waals surface area contributed by atoms with Gasteiger partial charge in [0.1, 0.15) is 11.3 Å². The van der Waals surface area contributed by atoms with Crippen LogP contribution in [0, 0.1) is 0 Å². The van der Waals surface area contributed by atoms with Gasteiger partial charge in [0.25, 0.3) is 0 Å². The summed E-state index contributed by atoms with van der Waals surface area (Å²) >= 11 is 0. The zero-order chi connectivity index (χ0) is 21.5. The number of fused-ring (bicyclic) bond motifs is 1. The zero-order valence-electron chi connectivity index (χ0n) is 16.2. The van der Waals surface area contributed by atoms with Crippen LogP contribution in [0.3, 0.4) is 0 Å².